The monoisotopic (exact) mass is 408 g/mol. The molecule has 11 heteroatoms. The zero-order valence-electron chi connectivity index (χ0n) is 14.9. The number of fused-ring (bicyclic) bond motifs is 1. The number of nitro benzene ring substituents is 1. The number of anilines is 1. The van der Waals surface area contributed by atoms with Crippen LogP contribution < -0.4 is 14.8 Å². The molecule has 2 aromatic rings. The summed E-state index contributed by atoms with van der Waals surface area (Å²) in [6.45, 7) is 1.62. The van der Waals surface area contributed by atoms with Gasteiger partial charge in [0.2, 0.25) is 0 Å². The molecule has 0 saturated carbocycles. The SMILES string of the molecule is C[C@H](OC(=O)c1cc2c(cc1[N+](=O)[O-])OCCO2)C(=O)Nc1ccc(F)c(F)c1. The molecule has 0 bridgehead atoms. The second-order valence-corrected chi connectivity index (χ2v) is 5.94. The second kappa shape index (κ2) is 8.09. The van der Waals surface area contributed by atoms with Crippen molar-refractivity contribution in [3.05, 3.63) is 57.6 Å². The molecule has 3 rings (SSSR count). The van der Waals surface area contributed by atoms with E-state index in [1.807, 2.05) is 0 Å². The second-order valence-electron chi connectivity index (χ2n) is 5.94. The maximum Gasteiger partial charge on any atom is 0.346 e. The first kappa shape index (κ1) is 20.0. The summed E-state index contributed by atoms with van der Waals surface area (Å²) in [4.78, 5) is 35.1. The third-order valence-corrected chi connectivity index (χ3v) is 3.92. The summed E-state index contributed by atoms with van der Waals surface area (Å²) in [6.07, 6.45) is -1.39. The topological polar surface area (TPSA) is 117 Å². The van der Waals surface area contributed by atoms with E-state index in [2.05, 4.69) is 5.32 Å². The van der Waals surface area contributed by atoms with Gasteiger partial charge >= 0.3 is 5.97 Å². The summed E-state index contributed by atoms with van der Waals surface area (Å²) in [7, 11) is 0. The van der Waals surface area contributed by atoms with E-state index in [-0.39, 0.29) is 30.4 Å². The number of rotatable bonds is 5. The minimum atomic E-state index is -1.39. The number of ether oxygens (including phenoxy) is 3. The summed E-state index contributed by atoms with van der Waals surface area (Å²) < 4.78 is 41.7. The lowest BCUT2D eigenvalue weighted by atomic mass is 10.1. The molecule has 0 spiro atoms. The minimum Gasteiger partial charge on any atom is -0.486 e. The zero-order valence-corrected chi connectivity index (χ0v) is 14.9. The van der Waals surface area contributed by atoms with Gasteiger partial charge in [0, 0.05) is 17.8 Å². The van der Waals surface area contributed by atoms with Crippen LogP contribution in [0.2, 0.25) is 0 Å². The van der Waals surface area contributed by atoms with E-state index >= 15 is 0 Å². The van der Waals surface area contributed by atoms with Gasteiger partial charge in [-0.15, -0.1) is 0 Å². The van der Waals surface area contributed by atoms with Crippen LogP contribution in [0.25, 0.3) is 0 Å². The van der Waals surface area contributed by atoms with E-state index in [0.29, 0.717) is 0 Å². The van der Waals surface area contributed by atoms with Gasteiger partial charge in [-0.2, -0.15) is 0 Å². The smallest absolute Gasteiger partial charge is 0.346 e. The van der Waals surface area contributed by atoms with Crippen molar-refractivity contribution < 1.29 is 37.5 Å². The number of benzene rings is 2. The fourth-order valence-electron chi connectivity index (χ4n) is 2.49. The van der Waals surface area contributed by atoms with Crippen LogP contribution in [-0.4, -0.2) is 36.1 Å². The molecular formula is C18H14F2N2O7. The Morgan fingerprint density at radius 1 is 1.14 bits per heavy atom. The van der Waals surface area contributed by atoms with E-state index in [1.165, 1.54) is 6.92 Å². The first-order valence-electron chi connectivity index (χ1n) is 8.31. The molecular weight excluding hydrogens is 394 g/mol. The van der Waals surface area contributed by atoms with Crippen molar-refractivity contribution in [2.75, 3.05) is 18.5 Å². The first-order chi connectivity index (χ1) is 13.8. The highest BCUT2D eigenvalue weighted by atomic mass is 19.2. The Balaban J connectivity index is 1.75. The van der Waals surface area contributed by atoms with Crippen LogP contribution in [0.4, 0.5) is 20.2 Å². The normalized spacial score (nSPS) is 13.3. The number of halogens is 2. The predicted molar refractivity (Wildman–Crippen MR) is 94.0 cm³/mol. The molecule has 0 radical (unpaired) electrons. The Bertz CT molecular complexity index is 996. The minimum absolute atomic E-state index is 0.0536. The van der Waals surface area contributed by atoms with Crippen molar-refractivity contribution in [1.29, 1.82) is 0 Å². The van der Waals surface area contributed by atoms with Crippen molar-refractivity contribution >= 4 is 23.3 Å². The predicted octanol–water partition coefficient (Wildman–Crippen LogP) is 2.83. The van der Waals surface area contributed by atoms with Crippen molar-refractivity contribution in [1.82, 2.24) is 0 Å². The third kappa shape index (κ3) is 4.39. The number of carbonyl (C=O) groups excluding carboxylic acids is 2. The molecule has 29 heavy (non-hydrogen) atoms. The lowest BCUT2D eigenvalue weighted by molar-refractivity contribution is -0.385. The molecule has 1 N–H and O–H groups in total. The summed E-state index contributed by atoms with van der Waals surface area (Å²) in [5.41, 5.74) is -1.05. The lowest BCUT2D eigenvalue weighted by Gasteiger charge is -2.19. The number of hydrogen-bond donors (Lipinski definition) is 1. The van der Waals surface area contributed by atoms with Gasteiger partial charge in [0.05, 0.1) is 11.0 Å². The van der Waals surface area contributed by atoms with Crippen LogP contribution in [0, 0.1) is 21.7 Å². The number of amides is 1. The molecule has 1 heterocycles. The van der Waals surface area contributed by atoms with Crippen molar-refractivity contribution in [2.45, 2.75) is 13.0 Å². The molecule has 0 aliphatic carbocycles. The van der Waals surface area contributed by atoms with E-state index in [4.69, 9.17) is 14.2 Å². The quantitative estimate of drug-likeness (QED) is 0.459. The van der Waals surface area contributed by atoms with Gasteiger partial charge in [-0.1, -0.05) is 0 Å². The Kier molecular flexibility index (Phi) is 5.57. The summed E-state index contributed by atoms with van der Waals surface area (Å²) in [5, 5.41) is 13.5. The summed E-state index contributed by atoms with van der Waals surface area (Å²) in [6, 6.07) is 4.84. The van der Waals surface area contributed by atoms with Gasteiger partial charge < -0.3 is 19.5 Å². The van der Waals surface area contributed by atoms with Gasteiger partial charge in [0.25, 0.3) is 11.6 Å². The lowest BCUT2D eigenvalue weighted by Crippen LogP contribution is -2.30. The van der Waals surface area contributed by atoms with E-state index in [1.54, 1.807) is 0 Å². The largest absolute Gasteiger partial charge is 0.486 e. The van der Waals surface area contributed by atoms with Crippen LogP contribution >= 0.6 is 0 Å². The molecule has 0 aromatic heterocycles. The Morgan fingerprint density at radius 3 is 2.41 bits per heavy atom. The molecule has 1 aliphatic rings. The molecule has 152 valence electrons. The number of esters is 1. The highest BCUT2D eigenvalue weighted by molar-refractivity contribution is 5.99. The molecule has 9 nitrogen and oxygen atoms in total. The molecule has 1 aliphatic heterocycles. The number of carbonyl (C=O) groups is 2. The Morgan fingerprint density at radius 2 is 1.79 bits per heavy atom. The van der Waals surface area contributed by atoms with Gasteiger partial charge in [-0.3, -0.25) is 14.9 Å². The van der Waals surface area contributed by atoms with Crippen LogP contribution in [0.3, 0.4) is 0 Å². The zero-order chi connectivity index (χ0) is 21.1. The van der Waals surface area contributed by atoms with Crippen molar-refractivity contribution in [3.63, 3.8) is 0 Å². The van der Waals surface area contributed by atoms with E-state index < -0.39 is 45.8 Å². The highest BCUT2D eigenvalue weighted by Gasteiger charge is 2.29. The average molecular weight is 408 g/mol. The van der Waals surface area contributed by atoms with E-state index in [0.717, 1.165) is 30.3 Å². The van der Waals surface area contributed by atoms with Crippen LogP contribution in [-0.2, 0) is 9.53 Å². The molecule has 0 fully saturated rings. The Labute approximate surface area is 162 Å². The molecule has 0 unspecified atom stereocenters. The number of nitrogens with one attached hydrogen (secondary N) is 1. The maximum absolute atomic E-state index is 13.2. The van der Waals surface area contributed by atoms with Gasteiger partial charge in [-0.05, 0) is 19.1 Å². The number of hydrogen-bond acceptors (Lipinski definition) is 7. The van der Waals surface area contributed by atoms with Crippen LogP contribution in [0.15, 0.2) is 30.3 Å². The van der Waals surface area contributed by atoms with E-state index in [9.17, 15) is 28.5 Å². The highest BCUT2D eigenvalue weighted by Crippen LogP contribution is 2.37. The summed E-state index contributed by atoms with van der Waals surface area (Å²) in [5.74, 6) is -3.99. The fourth-order valence-corrected chi connectivity index (χ4v) is 2.49. The molecule has 2 aromatic carbocycles. The number of nitro groups is 1. The maximum atomic E-state index is 13.2. The average Bonchev–Trinajstić information content (AvgIpc) is 2.69. The standard InChI is InChI=1S/C18H14F2N2O7/c1-9(17(23)21-10-2-3-12(19)13(20)6-10)29-18(24)11-7-15-16(28-5-4-27-15)8-14(11)22(25)26/h2-3,6-9H,4-5H2,1H3,(H,21,23)/t9-/m0/s1. The molecule has 1 amide bonds. The van der Waals surface area contributed by atoms with Crippen LogP contribution in [0.1, 0.15) is 17.3 Å². The Hall–Kier alpha value is -3.76. The van der Waals surface area contributed by atoms with Crippen molar-refractivity contribution in [3.8, 4) is 11.5 Å². The molecule has 1 atom stereocenters. The summed E-state index contributed by atoms with van der Waals surface area (Å²) >= 11 is 0. The van der Waals surface area contributed by atoms with Gasteiger partial charge in [0.1, 0.15) is 18.8 Å². The first-order valence-corrected chi connectivity index (χ1v) is 8.31. The molecule has 0 saturated heterocycles. The van der Waals surface area contributed by atoms with Crippen molar-refractivity contribution in [2.24, 2.45) is 0 Å². The third-order valence-electron chi connectivity index (χ3n) is 3.92. The number of nitrogens with zero attached hydrogens (tertiary/aromatic N) is 1. The van der Waals surface area contributed by atoms with Gasteiger partial charge in [0.15, 0.2) is 29.2 Å². The fraction of sp³-hybridized carbons (Fsp3) is 0.222. The van der Waals surface area contributed by atoms with Crippen LogP contribution in [0.5, 0.6) is 11.5 Å². The van der Waals surface area contributed by atoms with Gasteiger partial charge in [-0.25, -0.2) is 13.6 Å².